The van der Waals surface area contributed by atoms with Crippen LogP contribution in [0, 0.1) is 0 Å². The Morgan fingerprint density at radius 3 is 2.29 bits per heavy atom. The van der Waals surface area contributed by atoms with E-state index in [1.54, 1.807) is 43.3 Å². The number of hydrogen-bond donors (Lipinski definition) is 1. The molecule has 3 rings (SSSR count). The maximum Gasteiger partial charge on any atom is 0.357 e. The van der Waals surface area contributed by atoms with E-state index in [-0.39, 0.29) is 22.9 Å². The van der Waals surface area contributed by atoms with Gasteiger partial charge in [0, 0.05) is 15.6 Å². The van der Waals surface area contributed by atoms with Crippen molar-refractivity contribution in [1.29, 1.82) is 0 Å². The lowest BCUT2D eigenvalue weighted by molar-refractivity contribution is 0.0515. The lowest BCUT2D eigenvalue weighted by atomic mass is 10.1. The van der Waals surface area contributed by atoms with Crippen LogP contribution in [-0.2, 0) is 4.74 Å². The van der Waals surface area contributed by atoms with Gasteiger partial charge in [0.1, 0.15) is 5.56 Å². The van der Waals surface area contributed by atoms with Gasteiger partial charge < -0.3 is 9.84 Å². The smallest absolute Gasteiger partial charge is 0.357 e. The van der Waals surface area contributed by atoms with Crippen molar-refractivity contribution in [2.45, 2.75) is 6.92 Å². The summed E-state index contributed by atoms with van der Waals surface area (Å²) < 4.78 is 6.36. The number of rotatable bonds is 5. The Balaban J connectivity index is 2.38. The van der Waals surface area contributed by atoms with E-state index in [1.807, 2.05) is 0 Å². The molecule has 0 amide bonds. The molecule has 0 aliphatic carbocycles. The first-order chi connectivity index (χ1) is 13.3. The fourth-order valence-electron chi connectivity index (χ4n) is 2.67. The Bertz CT molecular complexity index is 1060. The van der Waals surface area contributed by atoms with Crippen LogP contribution in [-0.4, -0.2) is 33.4 Å². The minimum absolute atomic E-state index is 0.0742. The molecule has 6 nitrogen and oxygen atoms in total. The van der Waals surface area contributed by atoms with Crippen LogP contribution < -0.4 is 0 Å². The summed E-state index contributed by atoms with van der Waals surface area (Å²) in [5, 5.41) is 14.9. The van der Waals surface area contributed by atoms with Crippen LogP contribution in [0.1, 0.15) is 27.8 Å². The molecule has 0 radical (unpaired) electrons. The van der Waals surface area contributed by atoms with Crippen LogP contribution >= 0.6 is 34.8 Å². The molecule has 0 unspecified atom stereocenters. The zero-order valence-corrected chi connectivity index (χ0v) is 16.7. The predicted molar refractivity (Wildman–Crippen MR) is 107 cm³/mol. The van der Waals surface area contributed by atoms with Crippen molar-refractivity contribution in [3.63, 3.8) is 0 Å². The van der Waals surface area contributed by atoms with E-state index in [9.17, 15) is 14.7 Å². The van der Waals surface area contributed by atoms with Gasteiger partial charge in [-0.05, 0) is 37.3 Å². The van der Waals surface area contributed by atoms with E-state index >= 15 is 0 Å². The Labute approximate surface area is 175 Å². The molecule has 144 valence electrons. The predicted octanol–water partition coefficient (Wildman–Crippen LogP) is 5.37. The molecule has 0 saturated carbocycles. The molecule has 0 aliphatic rings. The largest absolute Gasteiger partial charge is 0.476 e. The number of benzene rings is 2. The molecule has 3 aromatic rings. The first-order valence-corrected chi connectivity index (χ1v) is 9.21. The number of carboxylic acids is 1. The highest BCUT2D eigenvalue weighted by atomic mass is 35.5. The van der Waals surface area contributed by atoms with Gasteiger partial charge in [0.05, 0.1) is 23.0 Å². The average molecular weight is 440 g/mol. The van der Waals surface area contributed by atoms with Gasteiger partial charge in [-0.15, -0.1) is 0 Å². The Morgan fingerprint density at radius 2 is 1.71 bits per heavy atom. The van der Waals surface area contributed by atoms with E-state index in [2.05, 4.69) is 5.10 Å². The van der Waals surface area contributed by atoms with Gasteiger partial charge in [0.25, 0.3) is 0 Å². The van der Waals surface area contributed by atoms with E-state index < -0.39 is 17.6 Å². The second-order valence-corrected chi connectivity index (χ2v) is 6.89. The molecule has 0 spiro atoms. The number of carbonyl (C=O) groups excluding carboxylic acids is 1. The van der Waals surface area contributed by atoms with Crippen LogP contribution in [0.4, 0.5) is 0 Å². The lowest BCUT2D eigenvalue weighted by Gasteiger charge is -2.11. The van der Waals surface area contributed by atoms with Gasteiger partial charge in [-0.25, -0.2) is 14.3 Å². The van der Waals surface area contributed by atoms with Crippen LogP contribution in [0.3, 0.4) is 0 Å². The second-order valence-electron chi connectivity index (χ2n) is 5.61. The van der Waals surface area contributed by atoms with Crippen molar-refractivity contribution in [3.8, 4) is 16.9 Å². The summed E-state index contributed by atoms with van der Waals surface area (Å²) in [5.41, 5.74) is 0.460. The summed E-state index contributed by atoms with van der Waals surface area (Å²) in [6.45, 7) is 1.70. The van der Waals surface area contributed by atoms with E-state index in [0.717, 1.165) is 0 Å². The molecule has 0 saturated heterocycles. The molecular formula is C19H13Cl3N2O4. The molecule has 1 N–H and O–H groups in total. The van der Waals surface area contributed by atoms with Gasteiger partial charge >= 0.3 is 11.9 Å². The Kier molecular flexibility index (Phi) is 5.93. The number of aromatic nitrogens is 2. The average Bonchev–Trinajstić information content (AvgIpc) is 3.03. The highest BCUT2D eigenvalue weighted by molar-refractivity contribution is 6.35. The number of halogens is 3. The molecule has 9 heteroatoms. The molecule has 28 heavy (non-hydrogen) atoms. The second kappa shape index (κ2) is 8.22. The molecule has 1 heterocycles. The van der Waals surface area contributed by atoms with Crippen molar-refractivity contribution < 1.29 is 19.4 Å². The standard InChI is InChI=1S/C19H13Cl3N2O4/c1-2-28-19(27)15-16(18(25)26)23-24(14-8-7-12(21)9-13(14)22)17(15)10-3-5-11(20)6-4-10/h3-9H,2H2,1H3,(H,25,26). The zero-order chi connectivity index (χ0) is 20.4. The van der Waals surface area contributed by atoms with Gasteiger partial charge in [-0.1, -0.05) is 46.9 Å². The molecular weight excluding hydrogens is 427 g/mol. The first-order valence-electron chi connectivity index (χ1n) is 8.08. The van der Waals surface area contributed by atoms with Gasteiger partial charge in [-0.2, -0.15) is 5.10 Å². The number of carboxylic acid groups (broad SMARTS) is 1. The number of esters is 1. The first kappa shape index (κ1) is 20.2. The highest BCUT2D eigenvalue weighted by Crippen LogP contribution is 2.34. The van der Waals surface area contributed by atoms with Gasteiger partial charge in [-0.3, -0.25) is 0 Å². The normalized spacial score (nSPS) is 10.7. The van der Waals surface area contributed by atoms with E-state index in [4.69, 9.17) is 39.5 Å². The molecule has 2 aromatic carbocycles. The Morgan fingerprint density at radius 1 is 1.07 bits per heavy atom. The maximum atomic E-state index is 12.6. The molecule has 0 aliphatic heterocycles. The minimum atomic E-state index is -1.37. The number of ether oxygens (including phenoxy) is 1. The quantitative estimate of drug-likeness (QED) is 0.540. The monoisotopic (exact) mass is 438 g/mol. The zero-order valence-electron chi connectivity index (χ0n) is 14.4. The third-order valence-electron chi connectivity index (χ3n) is 3.82. The van der Waals surface area contributed by atoms with Crippen molar-refractivity contribution in [2.75, 3.05) is 6.61 Å². The third kappa shape index (κ3) is 3.85. The SMILES string of the molecule is CCOC(=O)c1c(C(=O)O)nn(-c2ccc(Cl)cc2Cl)c1-c1ccc(Cl)cc1. The van der Waals surface area contributed by atoms with Crippen LogP contribution in [0.5, 0.6) is 0 Å². The lowest BCUT2D eigenvalue weighted by Crippen LogP contribution is -2.11. The van der Waals surface area contributed by atoms with Crippen molar-refractivity contribution >= 4 is 46.7 Å². The fourth-order valence-corrected chi connectivity index (χ4v) is 3.28. The number of hydrogen-bond acceptors (Lipinski definition) is 4. The summed E-state index contributed by atoms with van der Waals surface area (Å²) in [6, 6.07) is 11.2. The minimum Gasteiger partial charge on any atom is -0.476 e. The summed E-state index contributed by atoms with van der Waals surface area (Å²) in [4.78, 5) is 24.4. The van der Waals surface area contributed by atoms with Crippen molar-refractivity contribution in [2.24, 2.45) is 0 Å². The fraction of sp³-hybridized carbons (Fsp3) is 0.105. The topological polar surface area (TPSA) is 81.4 Å². The number of aromatic carboxylic acids is 1. The van der Waals surface area contributed by atoms with Crippen molar-refractivity contribution in [1.82, 2.24) is 9.78 Å². The molecule has 1 aromatic heterocycles. The van der Waals surface area contributed by atoms with E-state index in [0.29, 0.717) is 21.3 Å². The third-order valence-corrected chi connectivity index (χ3v) is 4.61. The van der Waals surface area contributed by atoms with Gasteiger partial charge in [0.2, 0.25) is 0 Å². The summed E-state index contributed by atoms with van der Waals surface area (Å²) in [5.74, 6) is -2.18. The van der Waals surface area contributed by atoms with Crippen LogP contribution in [0.2, 0.25) is 15.1 Å². The van der Waals surface area contributed by atoms with Crippen molar-refractivity contribution in [3.05, 3.63) is 68.8 Å². The van der Waals surface area contributed by atoms with Crippen LogP contribution in [0.25, 0.3) is 16.9 Å². The number of carbonyl (C=O) groups is 2. The number of nitrogens with zero attached hydrogens (tertiary/aromatic N) is 2. The van der Waals surface area contributed by atoms with E-state index in [1.165, 1.54) is 10.7 Å². The van der Waals surface area contributed by atoms with Gasteiger partial charge in [0.15, 0.2) is 5.69 Å². The Hall–Kier alpha value is -2.54. The summed E-state index contributed by atoms with van der Waals surface area (Å²) in [7, 11) is 0. The molecule has 0 bridgehead atoms. The molecule has 0 atom stereocenters. The highest BCUT2D eigenvalue weighted by Gasteiger charge is 2.31. The summed E-state index contributed by atoms with van der Waals surface area (Å²) >= 11 is 18.2. The summed E-state index contributed by atoms with van der Waals surface area (Å²) in [6.07, 6.45) is 0. The maximum absolute atomic E-state index is 12.6. The van der Waals surface area contributed by atoms with Crippen LogP contribution in [0.15, 0.2) is 42.5 Å². The molecule has 0 fully saturated rings.